The predicted molar refractivity (Wildman–Crippen MR) is 102 cm³/mol. The van der Waals surface area contributed by atoms with Gasteiger partial charge in [-0.1, -0.05) is 6.07 Å². The van der Waals surface area contributed by atoms with Crippen molar-refractivity contribution in [2.75, 3.05) is 17.7 Å². The number of amides is 2. The molecule has 0 radical (unpaired) electrons. The van der Waals surface area contributed by atoms with Gasteiger partial charge in [0.2, 0.25) is 0 Å². The van der Waals surface area contributed by atoms with Crippen LogP contribution in [0.3, 0.4) is 0 Å². The maximum Gasteiger partial charge on any atom is 0.265 e. The van der Waals surface area contributed by atoms with Gasteiger partial charge in [0.25, 0.3) is 11.8 Å². The van der Waals surface area contributed by atoms with E-state index in [-0.39, 0.29) is 11.8 Å². The third kappa shape index (κ3) is 4.07. The zero-order chi connectivity index (χ0) is 18.5. The van der Waals surface area contributed by atoms with Crippen LogP contribution in [0.15, 0.2) is 54.0 Å². The van der Waals surface area contributed by atoms with E-state index in [1.807, 2.05) is 18.4 Å². The van der Waals surface area contributed by atoms with Gasteiger partial charge >= 0.3 is 0 Å². The van der Waals surface area contributed by atoms with Gasteiger partial charge in [-0.3, -0.25) is 9.59 Å². The van der Waals surface area contributed by atoms with Crippen LogP contribution in [0.4, 0.5) is 11.5 Å². The van der Waals surface area contributed by atoms with Crippen molar-refractivity contribution in [3.63, 3.8) is 0 Å². The Morgan fingerprint density at radius 2 is 1.85 bits per heavy atom. The molecule has 1 aromatic carbocycles. The summed E-state index contributed by atoms with van der Waals surface area (Å²) in [6.45, 7) is 1.84. The minimum Gasteiger partial charge on any atom is -0.497 e. The van der Waals surface area contributed by atoms with E-state index < -0.39 is 0 Å². The third-order valence-electron chi connectivity index (χ3n) is 3.70. The van der Waals surface area contributed by atoms with Crippen LogP contribution in [0, 0.1) is 6.92 Å². The number of hydrogen-bond acceptors (Lipinski definition) is 5. The summed E-state index contributed by atoms with van der Waals surface area (Å²) >= 11 is 1.37. The quantitative estimate of drug-likeness (QED) is 0.715. The number of nitrogens with one attached hydrogen (secondary N) is 2. The highest BCUT2D eigenvalue weighted by Crippen LogP contribution is 2.20. The lowest BCUT2D eigenvalue weighted by molar-refractivity contribution is 0.101. The summed E-state index contributed by atoms with van der Waals surface area (Å²) in [6.07, 6.45) is 1.53. The standard InChI is InChI=1S/C19H17N3O3S/c1-12-10-17(22-18(23)13-5-7-14(25-2)8-6-13)20-11-15(12)21-19(24)16-4-3-9-26-16/h3-11H,1-2H3,(H,21,24)(H,20,22,23). The molecule has 7 heteroatoms. The average Bonchev–Trinajstić information content (AvgIpc) is 3.19. The van der Waals surface area contributed by atoms with Crippen LogP contribution < -0.4 is 15.4 Å². The van der Waals surface area contributed by atoms with Crippen molar-refractivity contribution in [1.29, 1.82) is 0 Å². The third-order valence-corrected chi connectivity index (χ3v) is 4.57. The highest BCUT2D eigenvalue weighted by Gasteiger charge is 2.11. The van der Waals surface area contributed by atoms with Gasteiger partial charge in [0.15, 0.2) is 0 Å². The first-order valence-corrected chi connectivity index (χ1v) is 8.71. The predicted octanol–water partition coefficient (Wildman–Crippen LogP) is 3.96. The number of aromatic nitrogens is 1. The molecule has 3 rings (SSSR count). The van der Waals surface area contributed by atoms with E-state index in [9.17, 15) is 9.59 Å². The van der Waals surface area contributed by atoms with E-state index in [0.29, 0.717) is 27.7 Å². The molecule has 0 unspecified atom stereocenters. The number of thiophene rings is 1. The second-order valence-corrected chi connectivity index (χ2v) is 6.45. The molecule has 2 amide bonds. The first-order valence-electron chi connectivity index (χ1n) is 7.83. The van der Waals surface area contributed by atoms with Crippen molar-refractivity contribution in [2.45, 2.75) is 6.92 Å². The van der Waals surface area contributed by atoms with Crippen molar-refractivity contribution >= 4 is 34.7 Å². The molecule has 0 saturated heterocycles. The Hall–Kier alpha value is -3.19. The normalized spacial score (nSPS) is 10.2. The van der Waals surface area contributed by atoms with Gasteiger partial charge in [-0.05, 0) is 54.3 Å². The number of anilines is 2. The number of pyridine rings is 1. The number of hydrogen-bond donors (Lipinski definition) is 2. The van der Waals surface area contributed by atoms with E-state index in [2.05, 4.69) is 15.6 Å². The van der Waals surface area contributed by atoms with Gasteiger partial charge in [0.05, 0.1) is 23.9 Å². The van der Waals surface area contributed by atoms with E-state index in [1.165, 1.54) is 17.5 Å². The molecule has 2 N–H and O–H groups in total. The molecule has 0 aliphatic carbocycles. The van der Waals surface area contributed by atoms with Crippen LogP contribution in [0.25, 0.3) is 0 Å². The summed E-state index contributed by atoms with van der Waals surface area (Å²) < 4.78 is 5.08. The number of methoxy groups -OCH3 is 1. The minimum absolute atomic E-state index is 0.181. The van der Waals surface area contributed by atoms with Gasteiger partial charge in [-0.2, -0.15) is 0 Å². The summed E-state index contributed by atoms with van der Waals surface area (Å²) in [6, 6.07) is 12.1. The van der Waals surface area contributed by atoms with E-state index in [0.717, 1.165) is 5.56 Å². The van der Waals surface area contributed by atoms with Crippen LogP contribution in [0.5, 0.6) is 5.75 Å². The summed E-state index contributed by atoms with van der Waals surface area (Å²) in [5.41, 5.74) is 1.90. The Bertz CT molecular complexity index is 922. The molecule has 0 fully saturated rings. The minimum atomic E-state index is -0.269. The van der Waals surface area contributed by atoms with Crippen LogP contribution in [-0.4, -0.2) is 23.9 Å². The zero-order valence-electron chi connectivity index (χ0n) is 14.3. The Morgan fingerprint density at radius 3 is 2.46 bits per heavy atom. The monoisotopic (exact) mass is 367 g/mol. The molecule has 0 aliphatic rings. The fraction of sp³-hybridized carbons (Fsp3) is 0.105. The molecule has 2 aromatic heterocycles. The lowest BCUT2D eigenvalue weighted by atomic mass is 10.2. The molecule has 3 aromatic rings. The molecule has 0 spiro atoms. The van der Waals surface area contributed by atoms with E-state index in [4.69, 9.17) is 4.74 Å². The highest BCUT2D eigenvalue weighted by molar-refractivity contribution is 7.12. The van der Waals surface area contributed by atoms with Gasteiger partial charge in [-0.15, -0.1) is 11.3 Å². The summed E-state index contributed by atoms with van der Waals surface area (Å²) in [5.74, 6) is 0.647. The van der Waals surface area contributed by atoms with Crippen LogP contribution in [-0.2, 0) is 0 Å². The molecular formula is C19H17N3O3S. The molecule has 0 aliphatic heterocycles. The lowest BCUT2D eigenvalue weighted by Crippen LogP contribution is -2.14. The van der Waals surface area contributed by atoms with Crippen LogP contribution in [0.1, 0.15) is 25.6 Å². The van der Waals surface area contributed by atoms with E-state index in [1.54, 1.807) is 43.5 Å². The average molecular weight is 367 g/mol. The van der Waals surface area contributed by atoms with E-state index >= 15 is 0 Å². The first kappa shape index (κ1) is 17.6. The SMILES string of the molecule is COc1ccc(C(=O)Nc2cc(C)c(NC(=O)c3cccs3)cn2)cc1. The summed E-state index contributed by atoms with van der Waals surface area (Å²) in [4.78, 5) is 29.2. The molecule has 6 nitrogen and oxygen atoms in total. The fourth-order valence-electron chi connectivity index (χ4n) is 2.28. The Balaban J connectivity index is 1.68. The summed E-state index contributed by atoms with van der Waals surface area (Å²) in [5, 5.41) is 7.41. The van der Waals surface area contributed by atoms with Gasteiger partial charge < -0.3 is 15.4 Å². The smallest absolute Gasteiger partial charge is 0.265 e. The number of nitrogens with zero attached hydrogens (tertiary/aromatic N) is 1. The molecule has 132 valence electrons. The van der Waals surface area contributed by atoms with Gasteiger partial charge in [0, 0.05) is 5.56 Å². The topological polar surface area (TPSA) is 80.3 Å². The Morgan fingerprint density at radius 1 is 1.08 bits per heavy atom. The van der Waals surface area contributed by atoms with Crippen molar-refractivity contribution in [2.24, 2.45) is 0 Å². The molecule has 26 heavy (non-hydrogen) atoms. The lowest BCUT2D eigenvalue weighted by Gasteiger charge is -2.10. The maximum atomic E-state index is 12.3. The maximum absolute atomic E-state index is 12.3. The molecule has 0 bridgehead atoms. The zero-order valence-corrected chi connectivity index (χ0v) is 15.1. The molecule has 0 saturated carbocycles. The number of aryl methyl sites for hydroxylation is 1. The number of rotatable bonds is 5. The van der Waals surface area contributed by atoms with Crippen molar-refractivity contribution in [1.82, 2.24) is 4.98 Å². The second-order valence-electron chi connectivity index (χ2n) is 5.50. The number of carbonyl (C=O) groups excluding carboxylic acids is 2. The summed E-state index contributed by atoms with van der Waals surface area (Å²) in [7, 11) is 1.57. The fourth-order valence-corrected chi connectivity index (χ4v) is 2.90. The van der Waals surface area contributed by atoms with Crippen molar-refractivity contribution < 1.29 is 14.3 Å². The number of carbonyl (C=O) groups is 2. The molecule has 0 atom stereocenters. The van der Waals surface area contributed by atoms with Crippen molar-refractivity contribution in [3.8, 4) is 5.75 Å². The molecule has 2 heterocycles. The number of benzene rings is 1. The van der Waals surface area contributed by atoms with Gasteiger partial charge in [-0.25, -0.2) is 4.98 Å². The molecular weight excluding hydrogens is 350 g/mol. The Labute approximate surface area is 154 Å². The largest absolute Gasteiger partial charge is 0.497 e. The van der Waals surface area contributed by atoms with Crippen molar-refractivity contribution in [3.05, 3.63) is 70.0 Å². The Kier molecular flexibility index (Phi) is 5.28. The van der Waals surface area contributed by atoms with Crippen LogP contribution >= 0.6 is 11.3 Å². The number of ether oxygens (including phenoxy) is 1. The second kappa shape index (κ2) is 7.79. The van der Waals surface area contributed by atoms with Crippen LogP contribution in [0.2, 0.25) is 0 Å². The first-order chi connectivity index (χ1) is 12.6. The van der Waals surface area contributed by atoms with Gasteiger partial charge in [0.1, 0.15) is 11.6 Å². The highest BCUT2D eigenvalue weighted by atomic mass is 32.1.